The van der Waals surface area contributed by atoms with E-state index in [0.29, 0.717) is 26.2 Å². The van der Waals surface area contributed by atoms with E-state index in [9.17, 15) is 4.79 Å². The van der Waals surface area contributed by atoms with Gasteiger partial charge in [-0.05, 0) is 35.6 Å². The molecule has 0 spiro atoms. The summed E-state index contributed by atoms with van der Waals surface area (Å²) in [5.41, 5.74) is 6.11. The van der Waals surface area contributed by atoms with Gasteiger partial charge in [-0.3, -0.25) is 4.90 Å². The molecule has 1 amide bonds. The molecule has 2 aromatic carbocycles. The zero-order valence-corrected chi connectivity index (χ0v) is 19.5. The summed E-state index contributed by atoms with van der Waals surface area (Å²) < 4.78 is 22.8. The van der Waals surface area contributed by atoms with Crippen LogP contribution in [0.1, 0.15) is 36.8 Å². The van der Waals surface area contributed by atoms with Crippen LogP contribution in [0.15, 0.2) is 60.2 Å². The number of morpholine rings is 1. The van der Waals surface area contributed by atoms with Gasteiger partial charge in [0.2, 0.25) is 0 Å². The van der Waals surface area contributed by atoms with E-state index >= 15 is 0 Å². The van der Waals surface area contributed by atoms with E-state index in [1.165, 1.54) is 27.8 Å². The second-order valence-electron chi connectivity index (χ2n) is 9.22. The standard InChI is InChI=1S/C27H31NO5/c1-27(30-2,31-3)14-18-12-19-15-32-16-20(13-18)28(19)26(29)33-17-25-23-10-6-4-8-21(23)22-9-5-7-11-24(22)25/h4-12,19-20,25H,13-17H2,1-3H3. The van der Waals surface area contributed by atoms with Crippen molar-refractivity contribution in [1.29, 1.82) is 0 Å². The molecular formula is C27H31NO5. The van der Waals surface area contributed by atoms with Crippen LogP contribution in [0.5, 0.6) is 0 Å². The third-order valence-corrected chi connectivity index (χ3v) is 7.23. The van der Waals surface area contributed by atoms with Crippen LogP contribution < -0.4 is 0 Å². The van der Waals surface area contributed by atoms with Crippen molar-refractivity contribution in [3.8, 4) is 11.1 Å². The first-order chi connectivity index (χ1) is 16.0. The SMILES string of the molecule is COC(C)(CC1=CC2COCC(C1)N2C(=O)OCC1c2ccccc2-c2ccccc21)OC. The fourth-order valence-corrected chi connectivity index (χ4v) is 5.41. The van der Waals surface area contributed by atoms with Crippen molar-refractivity contribution in [3.05, 3.63) is 71.3 Å². The molecule has 1 aliphatic carbocycles. The first kappa shape index (κ1) is 22.1. The quantitative estimate of drug-likeness (QED) is 0.471. The minimum Gasteiger partial charge on any atom is -0.448 e. The maximum Gasteiger partial charge on any atom is 0.410 e. The molecule has 0 aromatic heterocycles. The van der Waals surface area contributed by atoms with Crippen LogP contribution in [0.2, 0.25) is 0 Å². The number of benzene rings is 2. The fourth-order valence-electron chi connectivity index (χ4n) is 5.41. The molecule has 6 heteroatoms. The van der Waals surface area contributed by atoms with Crippen LogP contribution in [0.4, 0.5) is 4.79 Å². The molecule has 2 aromatic rings. The number of fused-ring (bicyclic) bond motifs is 5. The van der Waals surface area contributed by atoms with Gasteiger partial charge in [-0.15, -0.1) is 0 Å². The number of nitrogens with zero attached hydrogens (tertiary/aromatic N) is 1. The summed E-state index contributed by atoms with van der Waals surface area (Å²) in [6.07, 6.45) is 3.23. The Morgan fingerprint density at radius 3 is 2.27 bits per heavy atom. The van der Waals surface area contributed by atoms with Gasteiger partial charge in [-0.1, -0.05) is 60.2 Å². The molecule has 5 rings (SSSR count). The van der Waals surface area contributed by atoms with E-state index in [0.717, 1.165) is 6.42 Å². The highest BCUT2D eigenvalue weighted by Crippen LogP contribution is 2.44. The Kier molecular flexibility index (Phi) is 5.99. The molecule has 33 heavy (non-hydrogen) atoms. The third-order valence-electron chi connectivity index (χ3n) is 7.23. The lowest BCUT2D eigenvalue weighted by atomic mass is 9.90. The van der Waals surface area contributed by atoms with E-state index in [2.05, 4.69) is 42.5 Å². The van der Waals surface area contributed by atoms with Gasteiger partial charge in [0.25, 0.3) is 0 Å². The molecule has 2 atom stereocenters. The van der Waals surface area contributed by atoms with Crippen LogP contribution in [0, 0.1) is 0 Å². The number of rotatable bonds is 6. The van der Waals surface area contributed by atoms with Crippen molar-refractivity contribution in [2.24, 2.45) is 0 Å². The van der Waals surface area contributed by atoms with Gasteiger partial charge in [-0.25, -0.2) is 4.79 Å². The third kappa shape index (κ3) is 4.07. The summed E-state index contributed by atoms with van der Waals surface area (Å²) in [7, 11) is 3.31. The van der Waals surface area contributed by atoms with Crippen molar-refractivity contribution in [2.45, 2.75) is 43.6 Å². The maximum absolute atomic E-state index is 13.3. The van der Waals surface area contributed by atoms with E-state index in [1.807, 2.05) is 24.0 Å². The molecule has 2 unspecified atom stereocenters. The highest BCUT2D eigenvalue weighted by atomic mass is 16.7. The van der Waals surface area contributed by atoms with E-state index < -0.39 is 5.79 Å². The molecule has 2 aliphatic heterocycles. The van der Waals surface area contributed by atoms with Crippen molar-refractivity contribution >= 4 is 6.09 Å². The highest BCUT2D eigenvalue weighted by molar-refractivity contribution is 5.79. The van der Waals surface area contributed by atoms with Crippen LogP contribution in [-0.4, -0.2) is 62.9 Å². The topological polar surface area (TPSA) is 57.2 Å². The molecular weight excluding hydrogens is 418 g/mol. The van der Waals surface area contributed by atoms with Gasteiger partial charge >= 0.3 is 6.09 Å². The van der Waals surface area contributed by atoms with Gasteiger partial charge in [0.15, 0.2) is 5.79 Å². The molecule has 0 saturated carbocycles. The summed E-state index contributed by atoms with van der Waals surface area (Å²) in [6.45, 7) is 3.24. The molecule has 0 N–H and O–H groups in total. The molecule has 174 valence electrons. The van der Waals surface area contributed by atoms with Gasteiger partial charge in [0, 0.05) is 26.6 Å². The predicted molar refractivity (Wildman–Crippen MR) is 125 cm³/mol. The molecule has 1 saturated heterocycles. The maximum atomic E-state index is 13.3. The summed E-state index contributed by atoms with van der Waals surface area (Å²) in [5, 5.41) is 0. The van der Waals surface area contributed by atoms with Crippen LogP contribution in [0.25, 0.3) is 11.1 Å². The average Bonchev–Trinajstić information content (AvgIpc) is 3.15. The Hall–Kier alpha value is -2.67. The zero-order valence-electron chi connectivity index (χ0n) is 19.5. The summed E-state index contributed by atoms with van der Waals surface area (Å²) >= 11 is 0. The zero-order chi connectivity index (χ0) is 23.0. The van der Waals surface area contributed by atoms with Crippen molar-refractivity contribution < 1.29 is 23.7 Å². The van der Waals surface area contributed by atoms with Crippen LogP contribution in [-0.2, 0) is 18.9 Å². The largest absolute Gasteiger partial charge is 0.448 e. The van der Waals surface area contributed by atoms with Gasteiger partial charge in [0.1, 0.15) is 6.61 Å². The Morgan fingerprint density at radius 1 is 1.03 bits per heavy atom. The van der Waals surface area contributed by atoms with E-state index in [4.69, 9.17) is 18.9 Å². The Bertz CT molecular complexity index is 1010. The summed E-state index contributed by atoms with van der Waals surface area (Å²) in [5.74, 6) is -0.620. The number of amides is 1. The van der Waals surface area contributed by atoms with Crippen molar-refractivity contribution in [3.63, 3.8) is 0 Å². The lowest BCUT2D eigenvalue weighted by Gasteiger charge is -2.44. The Morgan fingerprint density at radius 2 is 1.67 bits per heavy atom. The van der Waals surface area contributed by atoms with Crippen LogP contribution in [0.3, 0.4) is 0 Å². The second-order valence-corrected chi connectivity index (χ2v) is 9.22. The van der Waals surface area contributed by atoms with Gasteiger partial charge < -0.3 is 18.9 Å². The second kappa shape index (κ2) is 8.93. The van der Waals surface area contributed by atoms with Crippen molar-refractivity contribution in [2.75, 3.05) is 34.0 Å². The van der Waals surface area contributed by atoms with Crippen molar-refractivity contribution in [1.82, 2.24) is 4.90 Å². The molecule has 3 aliphatic rings. The molecule has 2 heterocycles. The number of carbonyl (C=O) groups is 1. The van der Waals surface area contributed by atoms with E-state index in [1.54, 1.807) is 14.2 Å². The monoisotopic (exact) mass is 449 g/mol. The first-order valence-electron chi connectivity index (χ1n) is 11.5. The average molecular weight is 450 g/mol. The number of ether oxygens (including phenoxy) is 4. The number of hydrogen-bond donors (Lipinski definition) is 0. The minimum atomic E-state index is -0.674. The van der Waals surface area contributed by atoms with Crippen LogP contribution >= 0.6 is 0 Å². The minimum absolute atomic E-state index is 0.0441. The highest BCUT2D eigenvalue weighted by Gasteiger charge is 2.41. The number of carbonyl (C=O) groups excluding carboxylic acids is 1. The molecule has 0 radical (unpaired) electrons. The van der Waals surface area contributed by atoms with E-state index in [-0.39, 0.29) is 24.1 Å². The lowest BCUT2D eigenvalue weighted by Crippen LogP contribution is -2.57. The number of methoxy groups -OCH3 is 2. The molecule has 2 bridgehead atoms. The molecule has 1 fully saturated rings. The predicted octanol–water partition coefficient (Wildman–Crippen LogP) is 4.73. The fraction of sp³-hybridized carbons (Fsp3) is 0.444. The van der Waals surface area contributed by atoms with Gasteiger partial charge in [0.05, 0.1) is 25.3 Å². The smallest absolute Gasteiger partial charge is 0.410 e. The summed E-state index contributed by atoms with van der Waals surface area (Å²) in [6, 6.07) is 16.6. The lowest BCUT2D eigenvalue weighted by molar-refractivity contribution is -0.192. The normalized spacial score (nSPS) is 21.9. The number of hydrogen-bond acceptors (Lipinski definition) is 5. The Labute approximate surface area is 195 Å². The first-order valence-corrected chi connectivity index (χ1v) is 11.5. The summed E-state index contributed by atoms with van der Waals surface area (Å²) in [4.78, 5) is 15.1. The Balaban J connectivity index is 1.31. The molecule has 6 nitrogen and oxygen atoms in total. The van der Waals surface area contributed by atoms with Gasteiger partial charge in [-0.2, -0.15) is 0 Å².